The Balaban J connectivity index is 0. The molecule has 1 aromatic rings. The van der Waals surface area contributed by atoms with Crippen LogP contribution in [0.15, 0.2) is 29.1 Å². The summed E-state index contributed by atoms with van der Waals surface area (Å²) in [4.78, 5) is 0. The molecule has 0 aliphatic carbocycles. The fraction of sp³-hybridized carbons (Fsp3) is 0.500. The van der Waals surface area contributed by atoms with Crippen molar-refractivity contribution in [3.63, 3.8) is 0 Å². The third-order valence-corrected chi connectivity index (χ3v) is 0.917. The minimum absolute atomic E-state index is 0. The molecule has 0 atom stereocenters. The first-order valence-corrected chi connectivity index (χ1v) is 3.37. The van der Waals surface area contributed by atoms with Crippen LogP contribution in [0.1, 0.15) is 1.43 Å². The zero-order valence-electron chi connectivity index (χ0n) is 7.95. The average Bonchev–Trinajstić information content (AvgIpc) is 2.57. The summed E-state index contributed by atoms with van der Waals surface area (Å²) in [5, 5.41) is 0. The highest BCUT2D eigenvalue weighted by Crippen LogP contribution is 1.79. The lowest BCUT2D eigenvalue weighted by Crippen LogP contribution is -1.96. The predicted octanol–water partition coefficient (Wildman–Crippen LogP) is 1.67. The number of furan rings is 1. The lowest BCUT2D eigenvalue weighted by atomic mass is 10.7. The molecule has 1 aromatic heterocycles. The van der Waals surface area contributed by atoms with E-state index < -0.39 is 0 Å². The van der Waals surface area contributed by atoms with Crippen LogP contribution in [0.5, 0.6) is 0 Å². The Morgan fingerprint density at radius 2 is 1.55 bits per heavy atom. The van der Waals surface area contributed by atoms with Crippen molar-refractivity contribution in [2.45, 2.75) is 0 Å². The van der Waals surface area contributed by atoms with Crippen LogP contribution >= 0.6 is 0 Å². The summed E-state index contributed by atoms with van der Waals surface area (Å²) in [6.07, 6.45) is 3.25. The van der Waals surface area contributed by atoms with Crippen LogP contribution in [0.3, 0.4) is 0 Å². The standard InChI is InChI=1S/C4H10O2.C4H4O/c1-5-3-4-6-2;1-2-4-5-3-1/h3-4H2,1-2H3;1-4H/p+1. The molecule has 0 N–H and O–H groups in total. The molecule has 64 valence electrons. The summed E-state index contributed by atoms with van der Waals surface area (Å²) >= 11 is 0. The van der Waals surface area contributed by atoms with Crippen LogP contribution in [-0.2, 0) is 9.47 Å². The second-order valence-corrected chi connectivity index (χ2v) is 1.78. The number of hydrogen-bond donors (Lipinski definition) is 0. The molecule has 0 aromatic carbocycles. The Kier molecular flexibility index (Phi) is 8.53. The molecule has 0 amide bonds. The van der Waals surface area contributed by atoms with Crippen molar-refractivity contribution < 1.29 is 15.3 Å². The van der Waals surface area contributed by atoms with Gasteiger partial charge in [0.2, 0.25) is 0 Å². The molecule has 0 saturated carbocycles. The third-order valence-electron chi connectivity index (χ3n) is 0.917. The van der Waals surface area contributed by atoms with Crippen LogP contribution in [0, 0.1) is 0 Å². The van der Waals surface area contributed by atoms with Gasteiger partial charge in [-0.05, 0) is 12.1 Å². The van der Waals surface area contributed by atoms with E-state index in [-0.39, 0.29) is 1.43 Å². The van der Waals surface area contributed by atoms with E-state index in [2.05, 4.69) is 13.9 Å². The Labute approximate surface area is 68.4 Å². The molecule has 11 heavy (non-hydrogen) atoms. The molecule has 1 heterocycles. The summed E-state index contributed by atoms with van der Waals surface area (Å²) in [6.45, 7) is 1.38. The average molecular weight is 159 g/mol. The van der Waals surface area contributed by atoms with Gasteiger partial charge >= 0.3 is 1.43 Å². The lowest BCUT2D eigenvalue weighted by molar-refractivity contribution is 0.103. The maximum absolute atomic E-state index is 4.66. The van der Waals surface area contributed by atoms with Crippen LogP contribution in [0.4, 0.5) is 0 Å². The topological polar surface area (TPSA) is 31.6 Å². The molecule has 0 fully saturated rings. The van der Waals surface area contributed by atoms with E-state index in [1.807, 2.05) is 12.1 Å². The monoisotopic (exact) mass is 159 g/mol. The smallest absolute Gasteiger partial charge is 0.473 e. The summed E-state index contributed by atoms with van der Waals surface area (Å²) in [5.41, 5.74) is 0. The highest BCUT2D eigenvalue weighted by Gasteiger charge is 1.73. The first kappa shape index (κ1) is 10.2. The van der Waals surface area contributed by atoms with E-state index in [0.717, 1.165) is 0 Å². The molecule has 0 aliphatic heterocycles. The van der Waals surface area contributed by atoms with Gasteiger partial charge in [0.05, 0.1) is 25.7 Å². The van der Waals surface area contributed by atoms with E-state index in [1.54, 1.807) is 26.7 Å². The number of ether oxygens (including phenoxy) is 2. The fourth-order valence-electron chi connectivity index (χ4n) is 0.393. The molecule has 0 saturated heterocycles. The quantitative estimate of drug-likeness (QED) is 0.629. The molecule has 0 bridgehead atoms. The molecule has 0 aliphatic rings. The molecule has 1 rings (SSSR count). The second kappa shape index (κ2) is 9.20. The summed E-state index contributed by atoms with van der Waals surface area (Å²) in [6, 6.07) is 3.67. The minimum atomic E-state index is 0. The van der Waals surface area contributed by atoms with E-state index in [4.69, 9.17) is 0 Å². The van der Waals surface area contributed by atoms with Gasteiger partial charge in [0, 0.05) is 14.2 Å². The zero-order valence-corrected chi connectivity index (χ0v) is 6.95. The van der Waals surface area contributed by atoms with Crippen molar-refractivity contribution in [2.24, 2.45) is 0 Å². The maximum atomic E-state index is 4.66. The number of hydrogen-bond acceptors (Lipinski definition) is 3. The lowest BCUT2D eigenvalue weighted by Gasteiger charge is -1.91. The van der Waals surface area contributed by atoms with Crippen molar-refractivity contribution >= 4 is 0 Å². The maximum Gasteiger partial charge on any atom is 1.00 e. The molecule has 3 heteroatoms. The second-order valence-electron chi connectivity index (χ2n) is 1.78. The van der Waals surface area contributed by atoms with Gasteiger partial charge in [-0.15, -0.1) is 0 Å². The number of rotatable bonds is 3. The minimum Gasteiger partial charge on any atom is -0.473 e. The van der Waals surface area contributed by atoms with Gasteiger partial charge in [0.15, 0.2) is 0 Å². The Morgan fingerprint density at radius 3 is 1.73 bits per heavy atom. The largest absolute Gasteiger partial charge is 1.00 e. The van der Waals surface area contributed by atoms with E-state index in [1.165, 1.54) is 0 Å². The van der Waals surface area contributed by atoms with Crippen molar-refractivity contribution in [3.05, 3.63) is 24.7 Å². The molecule has 0 spiro atoms. The third kappa shape index (κ3) is 9.20. The molecular weight excluding hydrogens is 144 g/mol. The number of methoxy groups -OCH3 is 2. The SMILES string of the molecule is COCCOC.[H+].c1ccoc1. The Hall–Kier alpha value is -0.800. The fourth-order valence-corrected chi connectivity index (χ4v) is 0.393. The normalized spacial score (nSPS) is 8.55. The van der Waals surface area contributed by atoms with Gasteiger partial charge in [-0.2, -0.15) is 0 Å². The first-order valence-electron chi connectivity index (χ1n) is 3.37. The van der Waals surface area contributed by atoms with Crippen LogP contribution in [0.2, 0.25) is 0 Å². The first-order chi connectivity index (χ1) is 5.41. The van der Waals surface area contributed by atoms with Crippen LogP contribution < -0.4 is 0 Å². The van der Waals surface area contributed by atoms with E-state index in [0.29, 0.717) is 13.2 Å². The molecular formula is C8H15O3+. The van der Waals surface area contributed by atoms with Gasteiger partial charge in [-0.25, -0.2) is 0 Å². The van der Waals surface area contributed by atoms with E-state index >= 15 is 0 Å². The van der Waals surface area contributed by atoms with Crippen molar-refractivity contribution in [1.29, 1.82) is 0 Å². The summed E-state index contributed by atoms with van der Waals surface area (Å²) < 4.78 is 13.9. The van der Waals surface area contributed by atoms with Crippen molar-refractivity contribution in [3.8, 4) is 0 Å². The predicted molar refractivity (Wildman–Crippen MR) is 43.6 cm³/mol. The van der Waals surface area contributed by atoms with E-state index in [9.17, 15) is 0 Å². The highest BCUT2D eigenvalue weighted by molar-refractivity contribution is 4.79. The molecule has 3 nitrogen and oxygen atoms in total. The zero-order chi connectivity index (χ0) is 8.36. The summed E-state index contributed by atoms with van der Waals surface area (Å²) in [7, 11) is 3.30. The molecule has 0 radical (unpaired) electrons. The van der Waals surface area contributed by atoms with Crippen LogP contribution in [0.25, 0.3) is 0 Å². The highest BCUT2D eigenvalue weighted by atomic mass is 16.5. The summed E-state index contributed by atoms with van der Waals surface area (Å²) in [5.74, 6) is 0. The van der Waals surface area contributed by atoms with Crippen LogP contribution in [-0.4, -0.2) is 27.4 Å². The molecule has 0 unspecified atom stereocenters. The van der Waals surface area contributed by atoms with Gasteiger partial charge in [0.1, 0.15) is 0 Å². The Morgan fingerprint density at radius 1 is 1.09 bits per heavy atom. The van der Waals surface area contributed by atoms with Gasteiger partial charge < -0.3 is 13.9 Å². The van der Waals surface area contributed by atoms with Gasteiger partial charge in [-0.3, -0.25) is 0 Å². The van der Waals surface area contributed by atoms with Gasteiger partial charge in [0.25, 0.3) is 0 Å². The Bertz CT molecular complexity index is 110. The van der Waals surface area contributed by atoms with Gasteiger partial charge in [-0.1, -0.05) is 0 Å². The van der Waals surface area contributed by atoms with Crippen molar-refractivity contribution in [2.75, 3.05) is 27.4 Å². The van der Waals surface area contributed by atoms with Crippen molar-refractivity contribution in [1.82, 2.24) is 0 Å².